The Kier molecular flexibility index (Phi) is 2.91. The molecule has 0 atom stereocenters. The average molecular weight is 265 g/mol. The number of nitroso groups, excluding NO2 is 1. The minimum absolute atomic E-state index is 0.0287. The van der Waals surface area contributed by atoms with Gasteiger partial charge in [-0.2, -0.15) is 4.91 Å². The number of fused-ring (bicyclic) bond motifs is 2. The predicted octanol–water partition coefficient (Wildman–Crippen LogP) is 3.96. The first-order chi connectivity index (χ1) is 9.74. The highest BCUT2D eigenvalue weighted by Crippen LogP contribution is 2.33. The van der Waals surface area contributed by atoms with Gasteiger partial charge in [0.2, 0.25) is 0 Å². The number of carbonyl (C=O) groups is 1. The van der Waals surface area contributed by atoms with E-state index in [1.807, 2.05) is 24.3 Å². The molecule has 0 aliphatic carbocycles. The van der Waals surface area contributed by atoms with Gasteiger partial charge in [0.1, 0.15) is 6.54 Å². The van der Waals surface area contributed by atoms with Gasteiger partial charge in [-0.05, 0) is 27.1 Å². The Bertz CT molecular complexity index is 783. The molecule has 0 aliphatic rings. The standard InChI is InChI=1S/C16H11NO3/c18-16(19)15-12-7-3-1-5-10(12)14(9-17-20)11-6-2-4-8-13(11)15/h1-8H,9H2,(H,18,19). The Hall–Kier alpha value is -2.75. The van der Waals surface area contributed by atoms with Crippen molar-refractivity contribution in [2.75, 3.05) is 0 Å². The number of hydrogen-bond donors (Lipinski definition) is 1. The Labute approximate surface area is 114 Å². The molecule has 0 amide bonds. The SMILES string of the molecule is O=NCc1c2ccccc2c(C(=O)O)c2ccccc12. The van der Waals surface area contributed by atoms with Gasteiger partial charge < -0.3 is 5.11 Å². The summed E-state index contributed by atoms with van der Waals surface area (Å²) < 4.78 is 0. The fourth-order valence-corrected chi connectivity index (χ4v) is 2.68. The van der Waals surface area contributed by atoms with E-state index >= 15 is 0 Å². The summed E-state index contributed by atoms with van der Waals surface area (Å²) in [6.07, 6.45) is 0. The van der Waals surface area contributed by atoms with E-state index in [0.717, 1.165) is 16.3 Å². The number of benzene rings is 3. The lowest BCUT2D eigenvalue weighted by Gasteiger charge is -2.12. The predicted molar refractivity (Wildman–Crippen MR) is 77.9 cm³/mol. The average Bonchev–Trinajstić information content (AvgIpc) is 2.47. The van der Waals surface area contributed by atoms with E-state index in [9.17, 15) is 14.8 Å². The van der Waals surface area contributed by atoms with Gasteiger partial charge >= 0.3 is 5.97 Å². The minimum Gasteiger partial charge on any atom is -0.478 e. The van der Waals surface area contributed by atoms with E-state index in [0.29, 0.717) is 10.8 Å². The number of hydrogen-bond acceptors (Lipinski definition) is 3. The van der Waals surface area contributed by atoms with Crippen molar-refractivity contribution in [1.29, 1.82) is 0 Å². The van der Waals surface area contributed by atoms with Crippen molar-refractivity contribution >= 4 is 27.5 Å². The van der Waals surface area contributed by atoms with Crippen LogP contribution in [0.5, 0.6) is 0 Å². The van der Waals surface area contributed by atoms with E-state index < -0.39 is 5.97 Å². The number of rotatable bonds is 3. The molecular formula is C16H11NO3. The lowest BCUT2D eigenvalue weighted by atomic mass is 9.92. The number of aromatic carboxylic acids is 1. The van der Waals surface area contributed by atoms with Gasteiger partial charge in [-0.25, -0.2) is 4.79 Å². The van der Waals surface area contributed by atoms with Crippen molar-refractivity contribution in [1.82, 2.24) is 0 Å². The molecule has 0 bridgehead atoms. The minimum atomic E-state index is -0.969. The van der Waals surface area contributed by atoms with Crippen LogP contribution in [0.2, 0.25) is 0 Å². The summed E-state index contributed by atoms with van der Waals surface area (Å²) >= 11 is 0. The largest absolute Gasteiger partial charge is 0.478 e. The van der Waals surface area contributed by atoms with Crippen molar-refractivity contribution in [2.45, 2.75) is 6.54 Å². The van der Waals surface area contributed by atoms with Crippen LogP contribution in [0.25, 0.3) is 21.5 Å². The van der Waals surface area contributed by atoms with Gasteiger partial charge in [-0.3, -0.25) is 0 Å². The van der Waals surface area contributed by atoms with Gasteiger partial charge in [0.25, 0.3) is 0 Å². The van der Waals surface area contributed by atoms with E-state index in [-0.39, 0.29) is 12.1 Å². The second-order valence-electron chi connectivity index (χ2n) is 4.54. The third kappa shape index (κ3) is 1.73. The monoisotopic (exact) mass is 265 g/mol. The summed E-state index contributed by atoms with van der Waals surface area (Å²) in [5, 5.41) is 15.3. The summed E-state index contributed by atoms with van der Waals surface area (Å²) in [6.45, 7) is 0.0287. The molecule has 1 N–H and O–H groups in total. The molecule has 0 saturated heterocycles. The molecule has 20 heavy (non-hydrogen) atoms. The molecule has 0 aromatic heterocycles. The molecule has 0 saturated carbocycles. The van der Waals surface area contributed by atoms with Gasteiger partial charge in [-0.15, -0.1) is 0 Å². The van der Waals surface area contributed by atoms with Crippen LogP contribution in [0, 0.1) is 4.91 Å². The Morgan fingerprint density at radius 2 is 1.35 bits per heavy atom. The molecule has 0 radical (unpaired) electrons. The maximum absolute atomic E-state index is 11.6. The molecule has 3 rings (SSSR count). The van der Waals surface area contributed by atoms with Crippen LogP contribution < -0.4 is 0 Å². The second-order valence-corrected chi connectivity index (χ2v) is 4.54. The van der Waals surface area contributed by atoms with Crippen LogP contribution in [0.15, 0.2) is 53.7 Å². The molecule has 0 fully saturated rings. The van der Waals surface area contributed by atoms with Crippen molar-refractivity contribution < 1.29 is 9.90 Å². The van der Waals surface area contributed by atoms with Crippen LogP contribution in [0.4, 0.5) is 0 Å². The van der Waals surface area contributed by atoms with E-state index in [2.05, 4.69) is 5.18 Å². The summed E-state index contributed by atoms with van der Waals surface area (Å²) in [5.74, 6) is -0.969. The fraction of sp³-hybridized carbons (Fsp3) is 0.0625. The number of carboxylic acid groups (broad SMARTS) is 1. The summed E-state index contributed by atoms with van der Waals surface area (Å²) in [4.78, 5) is 22.3. The van der Waals surface area contributed by atoms with Gasteiger partial charge in [0.15, 0.2) is 0 Å². The van der Waals surface area contributed by atoms with E-state index in [4.69, 9.17) is 0 Å². The first kappa shape index (κ1) is 12.3. The first-order valence-electron chi connectivity index (χ1n) is 6.18. The molecule has 0 spiro atoms. The molecule has 3 aromatic rings. The molecule has 3 aromatic carbocycles. The van der Waals surface area contributed by atoms with Crippen molar-refractivity contribution in [3.05, 3.63) is 64.6 Å². The highest BCUT2D eigenvalue weighted by molar-refractivity contribution is 6.17. The third-order valence-corrected chi connectivity index (χ3v) is 3.48. The van der Waals surface area contributed by atoms with Gasteiger partial charge in [0.05, 0.1) is 5.56 Å². The van der Waals surface area contributed by atoms with Crippen LogP contribution in [0.3, 0.4) is 0 Å². The van der Waals surface area contributed by atoms with Crippen molar-refractivity contribution in [3.8, 4) is 0 Å². The smallest absolute Gasteiger partial charge is 0.336 e. The fourth-order valence-electron chi connectivity index (χ4n) is 2.68. The van der Waals surface area contributed by atoms with Crippen LogP contribution in [-0.2, 0) is 6.54 Å². The number of carboxylic acids is 1. The molecule has 98 valence electrons. The van der Waals surface area contributed by atoms with Crippen LogP contribution in [0.1, 0.15) is 15.9 Å². The molecule has 4 heteroatoms. The van der Waals surface area contributed by atoms with Gasteiger partial charge in [-0.1, -0.05) is 53.7 Å². The van der Waals surface area contributed by atoms with E-state index in [1.54, 1.807) is 24.3 Å². The normalized spacial score (nSPS) is 10.8. The summed E-state index contributed by atoms with van der Waals surface area (Å²) in [6, 6.07) is 14.4. The zero-order chi connectivity index (χ0) is 14.1. The summed E-state index contributed by atoms with van der Waals surface area (Å²) in [7, 11) is 0. The Morgan fingerprint density at radius 1 is 0.900 bits per heavy atom. The second kappa shape index (κ2) is 4.74. The zero-order valence-electron chi connectivity index (χ0n) is 10.5. The molecule has 0 unspecified atom stereocenters. The Morgan fingerprint density at radius 3 is 1.75 bits per heavy atom. The van der Waals surface area contributed by atoms with Gasteiger partial charge in [0, 0.05) is 0 Å². The summed E-state index contributed by atoms with van der Waals surface area (Å²) in [5.41, 5.74) is 1.04. The third-order valence-electron chi connectivity index (χ3n) is 3.48. The molecule has 0 heterocycles. The van der Waals surface area contributed by atoms with E-state index in [1.165, 1.54) is 0 Å². The maximum atomic E-state index is 11.6. The highest BCUT2D eigenvalue weighted by atomic mass is 16.4. The molecule has 0 aliphatic heterocycles. The molecule has 4 nitrogen and oxygen atoms in total. The lowest BCUT2D eigenvalue weighted by Crippen LogP contribution is -2.01. The van der Waals surface area contributed by atoms with Crippen LogP contribution >= 0.6 is 0 Å². The Balaban J connectivity index is 2.61. The van der Waals surface area contributed by atoms with Crippen molar-refractivity contribution in [2.24, 2.45) is 5.18 Å². The maximum Gasteiger partial charge on any atom is 0.336 e. The van der Waals surface area contributed by atoms with Crippen LogP contribution in [-0.4, -0.2) is 11.1 Å². The zero-order valence-corrected chi connectivity index (χ0v) is 10.5. The molecular weight excluding hydrogens is 254 g/mol. The first-order valence-corrected chi connectivity index (χ1v) is 6.18. The van der Waals surface area contributed by atoms with Crippen molar-refractivity contribution in [3.63, 3.8) is 0 Å². The lowest BCUT2D eigenvalue weighted by molar-refractivity contribution is 0.0701. The quantitative estimate of drug-likeness (QED) is 0.575. The highest BCUT2D eigenvalue weighted by Gasteiger charge is 2.17. The number of nitrogens with zero attached hydrogens (tertiary/aromatic N) is 1. The topological polar surface area (TPSA) is 66.7 Å².